The van der Waals surface area contributed by atoms with Crippen molar-refractivity contribution in [3.63, 3.8) is 0 Å². The molecule has 15 heavy (non-hydrogen) atoms. The predicted molar refractivity (Wildman–Crippen MR) is 61.7 cm³/mol. The Hall–Kier alpha value is -0.860. The fourth-order valence-electron chi connectivity index (χ4n) is 2.29. The molecule has 2 heteroatoms. The number of rotatable bonds is 4. The first-order valence-electron chi connectivity index (χ1n) is 5.70. The van der Waals surface area contributed by atoms with Crippen molar-refractivity contribution in [3.05, 3.63) is 35.9 Å². The van der Waals surface area contributed by atoms with Crippen LogP contribution in [0.2, 0.25) is 0 Å². The van der Waals surface area contributed by atoms with Crippen molar-refractivity contribution in [3.8, 4) is 0 Å². The van der Waals surface area contributed by atoms with Crippen molar-refractivity contribution < 1.29 is 4.74 Å². The summed E-state index contributed by atoms with van der Waals surface area (Å²) in [6, 6.07) is 11.1. The quantitative estimate of drug-likeness (QED) is 0.814. The number of hydrogen-bond acceptors (Lipinski definition) is 2. The van der Waals surface area contributed by atoms with Crippen LogP contribution in [0.5, 0.6) is 0 Å². The van der Waals surface area contributed by atoms with E-state index in [0.717, 1.165) is 6.54 Å². The second-order valence-electron chi connectivity index (χ2n) is 4.18. The van der Waals surface area contributed by atoms with E-state index < -0.39 is 0 Å². The zero-order valence-corrected chi connectivity index (χ0v) is 9.28. The molecule has 2 rings (SSSR count). The Morgan fingerprint density at radius 3 is 2.80 bits per heavy atom. The normalized spacial score (nSPS) is 25.7. The summed E-state index contributed by atoms with van der Waals surface area (Å²) in [5, 5.41) is 3.57. The van der Waals surface area contributed by atoms with Crippen LogP contribution >= 0.6 is 0 Å². The first kappa shape index (κ1) is 10.7. The van der Waals surface area contributed by atoms with E-state index in [-0.39, 0.29) is 0 Å². The Morgan fingerprint density at radius 2 is 2.07 bits per heavy atom. The number of ether oxygens (including phenoxy) is 1. The Bertz CT molecular complexity index is 286. The molecule has 2 unspecified atom stereocenters. The fraction of sp³-hybridized carbons (Fsp3) is 0.538. The maximum atomic E-state index is 5.45. The largest absolute Gasteiger partial charge is 0.380 e. The molecule has 0 amide bonds. The summed E-state index contributed by atoms with van der Waals surface area (Å²) in [5.74, 6) is 0. The zero-order chi connectivity index (χ0) is 10.5. The van der Waals surface area contributed by atoms with Crippen molar-refractivity contribution >= 4 is 0 Å². The van der Waals surface area contributed by atoms with Gasteiger partial charge in [-0.3, -0.25) is 0 Å². The van der Waals surface area contributed by atoms with Crippen LogP contribution in [-0.2, 0) is 11.3 Å². The molecular formula is C13H19NO. The van der Waals surface area contributed by atoms with E-state index in [0.29, 0.717) is 12.1 Å². The molecule has 1 aromatic rings. The summed E-state index contributed by atoms with van der Waals surface area (Å²) in [4.78, 5) is 0. The molecule has 0 aliphatic heterocycles. The average Bonchev–Trinajstić information content (AvgIpc) is 2.75. The number of methoxy groups -OCH3 is 1. The molecule has 1 N–H and O–H groups in total. The van der Waals surface area contributed by atoms with E-state index in [1.54, 1.807) is 0 Å². The predicted octanol–water partition coefficient (Wildman–Crippen LogP) is 2.34. The van der Waals surface area contributed by atoms with Gasteiger partial charge in [-0.2, -0.15) is 0 Å². The molecule has 1 aliphatic carbocycles. The minimum absolute atomic E-state index is 0.411. The highest BCUT2D eigenvalue weighted by Gasteiger charge is 2.26. The average molecular weight is 205 g/mol. The van der Waals surface area contributed by atoms with Crippen LogP contribution in [0.25, 0.3) is 0 Å². The summed E-state index contributed by atoms with van der Waals surface area (Å²) < 4.78 is 5.45. The lowest BCUT2D eigenvalue weighted by Gasteiger charge is -2.19. The van der Waals surface area contributed by atoms with Gasteiger partial charge in [0.2, 0.25) is 0 Å². The van der Waals surface area contributed by atoms with Crippen molar-refractivity contribution in [2.45, 2.75) is 38.0 Å². The van der Waals surface area contributed by atoms with Crippen LogP contribution in [0.3, 0.4) is 0 Å². The SMILES string of the molecule is COC1CCCC1NCc1ccccc1. The van der Waals surface area contributed by atoms with Gasteiger partial charge < -0.3 is 10.1 Å². The van der Waals surface area contributed by atoms with E-state index in [9.17, 15) is 0 Å². The number of hydrogen-bond donors (Lipinski definition) is 1. The van der Waals surface area contributed by atoms with Gasteiger partial charge in [0.15, 0.2) is 0 Å². The first-order valence-corrected chi connectivity index (χ1v) is 5.70. The molecule has 1 saturated carbocycles. The molecule has 0 spiro atoms. The second-order valence-corrected chi connectivity index (χ2v) is 4.18. The maximum absolute atomic E-state index is 5.45. The first-order chi connectivity index (χ1) is 7.40. The standard InChI is InChI=1S/C13H19NO/c1-15-13-9-5-8-12(13)14-10-11-6-3-2-4-7-11/h2-4,6-7,12-14H,5,8-10H2,1H3. The molecule has 82 valence electrons. The Kier molecular flexibility index (Phi) is 3.75. The highest BCUT2D eigenvalue weighted by atomic mass is 16.5. The molecule has 1 fully saturated rings. The van der Waals surface area contributed by atoms with Crippen LogP contribution < -0.4 is 5.32 Å². The molecule has 0 aromatic heterocycles. The summed E-state index contributed by atoms with van der Waals surface area (Å²) in [6.07, 6.45) is 4.13. The van der Waals surface area contributed by atoms with Crippen LogP contribution in [0.1, 0.15) is 24.8 Å². The van der Waals surface area contributed by atoms with Gasteiger partial charge in [0.25, 0.3) is 0 Å². The third-order valence-corrected chi connectivity index (χ3v) is 3.17. The van der Waals surface area contributed by atoms with Crippen LogP contribution in [-0.4, -0.2) is 19.3 Å². The van der Waals surface area contributed by atoms with Gasteiger partial charge in [0, 0.05) is 19.7 Å². The van der Waals surface area contributed by atoms with E-state index in [1.165, 1.54) is 24.8 Å². The van der Waals surface area contributed by atoms with Crippen molar-refractivity contribution in [2.75, 3.05) is 7.11 Å². The number of nitrogens with one attached hydrogen (secondary N) is 1. The maximum Gasteiger partial charge on any atom is 0.0724 e. The van der Waals surface area contributed by atoms with Crippen LogP contribution in [0.4, 0.5) is 0 Å². The topological polar surface area (TPSA) is 21.3 Å². The highest BCUT2D eigenvalue weighted by Crippen LogP contribution is 2.21. The van der Waals surface area contributed by atoms with Gasteiger partial charge >= 0.3 is 0 Å². The Balaban J connectivity index is 1.83. The molecule has 1 aromatic carbocycles. The van der Waals surface area contributed by atoms with Gasteiger partial charge in [0.05, 0.1) is 6.10 Å². The third-order valence-electron chi connectivity index (χ3n) is 3.17. The van der Waals surface area contributed by atoms with Crippen molar-refractivity contribution in [1.29, 1.82) is 0 Å². The molecule has 0 radical (unpaired) electrons. The van der Waals surface area contributed by atoms with Gasteiger partial charge in [-0.15, -0.1) is 0 Å². The molecular weight excluding hydrogens is 186 g/mol. The van der Waals surface area contributed by atoms with Gasteiger partial charge in [0.1, 0.15) is 0 Å². The monoisotopic (exact) mass is 205 g/mol. The summed E-state index contributed by atoms with van der Waals surface area (Å²) in [5.41, 5.74) is 1.35. The van der Waals surface area contributed by atoms with E-state index in [2.05, 4.69) is 35.6 Å². The van der Waals surface area contributed by atoms with E-state index in [1.807, 2.05) is 7.11 Å². The van der Waals surface area contributed by atoms with E-state index >= 15 is 0 Å². The summed E-state index contributed by atoms with van der Waals surface area (Å²) in [6.45, 7) is 0.950. The number of benzene rings is 1. The molecule has 0 heterocycles. The molecule has 2 atom stereocenters. The Morgan fingerprint density at radius 1 is 1.27 bits per heavy atom. The lowest BCUT2D eigenvalue weighted by molar-refractivity contribution is 0.0847. The summed E-state index contributed by atoms with van der Waals surface area (Å²) >= 11 is 0. The van der Waals surface area contributed by atoms with Crippen LogP contribution in [0.15, 0.2) is 30.3 Å². The van der Waals surface area contributed by atoms with Crippen molar-refractivity contribution in [1.82, 2.24) is 5.32 Å². The third kappa shape index (κ3) is 2.80. The van der Waals surface area contributed by atoms with Gasteiger partial charge in [-0.1, -0.05) is 30.3 Å². The highest BCUT2D eigenvalue weighted by molar-refractivity contribution is 5.14. The lowest BCUT2D eigenvalue weighted by atomic mass is 10.2. The smallest absolute Gasteiger partial charge is 0.0724 e. The van der Waals surface area contributed by atoms with Gasteiger partial charge in [-0.25, -0.2) is 0 Å². The molecule has 2 nitrogen and oxygen atoms in total. The molecule has 0 bridgehead atoms. The Labute approximate surface area is 91.6 Å². The van der Waals surface area contributed by atoms with Crippen LogP contribution in [0, 0.1) is 0 Å². The minimum atomic E-state index is 0.411. The fourth-order valence-corrected chi connectivity index (χ4v) is 2.29. The van der Waals surface area contributed by atoms with Gasteiger partial charge in [-0.05, 0) is 24.8 Å². The molecule has 0 saturated heterocycles. The summed E-state index contributed by atoms with van der Waals surface area (Å²) in [7, 11) is 1.81. The molecule has 1 aliphatic rings. The second kappa shape index (κ2) is 5.29. The zero-order valence-electron chi connectivity index (χ0n) is 9.28. The lowest BCUT2D eigenvalue weighted by Crippen LogP contribution is -2.36. The minimum Gasteiger partial charge on any atom is -0.380 e. The van der Waals surface area contributed by atoms with Crippen molar-refractivity contribution in [2.24, 2.45) is 0 Å². The van der Waals surface area contributed by atoms with E-state index in [4.69, 9.17) is 4.74 Å².